The van der Waals surface area contributed by atoms with E-state index in [9.17, 15) is 17.6 Å². The summed E-state index contributed by atoms with van der Waals surface area (Å²) in [5.41, 5.74) is 10.1. The maximum absolute atomic E-state index is 13.1. The maximum atomic E-state index is 13.1. The van der Waals surface area contributed by atoms with Gasteiger partial charge in [0.1, 0.15) is 11.9 Å². The molecule has 1 amide bonds. The number of benzene rings is 2. The molecule has 0 saturated carbocycles. The Labute approximate surface area is 180 Å². The van der Waals surface area contributed by atoms with Crippen LogP contribution in [0.4, 0.5) is 4.39 Å². The van der Waals surface area contributed by atoms with Gasteiger partial charge in [0.15, 0.2) is 0 Å². The number of amides is 1. The van der Waals surface area contributed by atoms with E-state index in [4.69, 9.17) is 5.73 Å². The van der Waals surface area contributed by atoms with Crippen molar-refractivity contribution in [3.63, 3.8) is 0 Å². The summed E-state index contributed by atoms with van der Waals surface area (Å²) in [6, 6.07) is 9.24. The van der Waals surface area contributed by atoms with E-state index in [0.29, 0.717) is 16.8 Å². The first-order valence-corrected chi connectivity index (χ1v) is 11.6. The highest BCUT2D eigenvalue weighted by molar-refractivity contribution is 7.89. The SMILES string of the molecule is N[C@@H](C(=O)N1Cc2cn(S(=O)(=O)c3ccc4ncsc4c3)nc2C1)c1ccc(F)cc1. The third kappa shape index (κ3) is 3.40. The monoisotopic (exact) mass is 457 g/mol. The van der Waals surface area contributed by atoms with Gasteiger partial charge >= 0.3 is 0 Å². The van der Waals surface area contributed by atoms with Crippen LogP contribution in [0.5, 0.6) is 0 Å². The van der Waals surface area contributed by atoms with E-state index in [1.807, 2.05) is 0 Å². The van der Waals surface area contributed by atoms with Crippen molar-refractivity contribution in [1.82, 2.24) is 19.1 Å². The molecule has 0 saturated heterocycles. The van der Waals surface area contributed by atoms with Gasteiger partial charge in [-0.05, 0) is 35.9 Å². The van der Waals surface area contributed by atoms with Crippen LogP contribution in [0.15, 0.2) is 59.1 Å². The first kappa shape index (κ1) is 19.8. The van der Waals surface area contributed by atoms with Gasteiger partial charge in [-0.3, -0.25) is 4.79 Å². The number of hydrogen-bond acceptors (Lipinski definition) is 7. The summed E-state index contributed by atoms with van der Waals surface area (Å²) in [6.45, 7) is 0.353. The largest absolute Gasteiger partial charge is 0.331 e. The lowest BCUT2D eigenvalue weighted by molar-refractivity contribution is -0.133. The summed E-state index contributed by atoms with van der Waals surface area (Å²) < 4.78 is 40.8. The van der Waals surface area contributed by atoms with E-state index in [-0.39, 0.29) is 23.9 Å². The molecule has 1 aliphatic heterocycles. The van der Waals surface area contributed by atoms with Crippen LogP contribution in [0, 0.1) is 5.82 Å². The van der Waals surface area contributed by atoms with E-state index in [0.717, 1.165) is 14.3 Å². The number of thiazole rings is 1. The standard InChI is InChI=1S/C20H16FN5O3S2/c21-14-3-1-12(2-4-14)19(22)20(27)25-8-13-9-26(24-17(13)10-25)31(28,29)15-5-6-16-18(7-15)30-11-23-16/h1-7,9,11,19H,8,10,22H2/t19-/m1/s1. The van der Waals surface area contributed by atoms with E-state index in [2.05, 4.69) is 10.1 Å². The molecule has 4 aromatic rings. The minimum atomic E-state index is -3.87. The molecule has 1 aliphatic rings. The van der Waals surface area contributed by atoms with Crippen LogP contribution in [0.2, 0.25) is 0 Å². The Balaban J connectivity index is 1.36. The fourth-order valence-corrected chi connectivity index (χ4v) is 5.51. The van der Waals surface area contributed by atoms with Gasteiger partial charge in [-0.2, -0.15) is 17.6 Å². The molecule has 0 spiro atoms. The third-order valence-electron chi connectivity index (χ3n) is 5.21. The van der Waals surface area contributed by atoms with Crippen LogP contribution in [0.25, 0.3) is 10.2 Å². The Morgan fingerprint density at radius 1 is 1.16 bits per heavy atom. The topological polar surface area (TPSA) is 111 Å². The molecule has 11 heteroatoms. The highest BCUT2D eigenvalue weighted by Gasteiger charge is 2.32. The number of nitrogens with two attached hydrogens (primary N) is 1. The zero-order valence-corrected chi connectivity index (χ0v) is 17.6. The lowest BCUT2D eigenvalue weighted by atomic mass is 10.1. The summed E-state index contributed by atoms with van der Waals surface area (Å²) in [5, 5.41) is 4.22. The molecule has 0 fully saturated rings. The van der Waals surface area contributed by atoms with E-state index in [1.165, 1.54) is 52.8 Å². The molecule has 1 atom stereocenters. The Morgan fingerprint density at radius 3 is 2.68 bits per heavy atom. The number of rotatable bonds is 4. The predicted molar refractivity (Wildman–Crippen MR) is 112 cm³/mol. The minimum absolute atomic E-state index is 0.122. The summed E-state index contributed by atoms with van der Waals surface area (Å²) in [4.78, 5) is 18.5. The van der Waals surface area contributed by atoms with Crippen LogP contribution in [-0.2, 0) is 27.9 Å². The average Bonchev–Trinajstić information content (AvgIpc) is 3.47. The smallest absolute Gasteiger partial charge is 0.283 e. The second-order valence-corrected chi connectivity index (χ2v) is 9.87. The van der Waals surface area contributed by atoms with E-state index in [1.54, 1.807) is 17.6 Å². The molecule has 0 aliphatic carbocycles. The van der Waals surface area contributed by atoms with Crippen molar-refractivity contribution < 1.29 is 17.6 Å². The fraction of sp³-hybridized carbons (Fsp3) is 0.150. The van der Waals surface area contributed by atoms with Gasteiger partial charge < -0.3 is 10.6 Å². The molecule has 0 unspecified atom stereocenters. The zero-order chi connectivity index (χ0) is 21.8. The van der Waals surface area contributed by atoms with Gasteiger partial charge in [0.25, 0.3) is 10.0 Å². The lowest BCUT2D eigenvalue weighted by Crippen LogP contribution is -2.35. The number of halogens is 1. The van der Waals surface area contributed by atoms with Crippen molar-refractivity contribution in [2.45, 2.75) is 24.0 Å². The zero-order valence-electron chi connectivity index (χ0n) is 16.0. The van der Waals surface area contributed by atoms with Crippen LogP contribution in [0.3, 0.4) is 0 Å². The van der Waals surface area contributed by atoms with Gasteiger partial charge in [0.2, 0.25) is 5.91 Å². The molecule has 158 valence electrons. The molecule has 0 bridgehead atoms. The van der Waals surface area contributed by atoms with Crippen molar-refractivity contribution in [3.05, 3.63) is 76.8 Å². The van der Waals surface area contributed by atoms with Crippen LogP contribution >= 0.6 is 11.3 Å². The summed E-state index contributed by atoms with van der Waals surface area (Å²) in [7, 11) is -3.87. The first-order chi connectivity index (χ1) is 14.8. The molecular weight excluding hydrogens is 441 g/mol. The van der Waals surface area contributed by atoms with E-state index < -0.39 is 21.9 Å². The molecule has 2 aromatic carbocycles. The lowest BCUT2D eigenvalue weighted by Gasteiger charge is -2.20. The van der Waals surface area contributed by atoms with Crippen molar-refractivity contribution >= 4 is 37.5 Å². The first-order valence-electron chi connectivity index (χ1n) is 9.29. The van der Waals surface area contributed by atoms with Gasteiger partial charge in [-0.1, -0.05) is 12.1 Å². The molecule has 0 radical (unpaired) electrons. The molecule has 2 aromatic heterocycles. The van der Waals surface area contributed by atoms with Crippen molar-refractivity contribution in [1.29, 1.82) is 0 Å². The second kappa shape index (κ2) is 7.22. The van der Waals surface area contributed by atoms with Crippen molar-refractivity contribution in [3.8, 4) is 0 Å². The van der Waals surface area contributed by atoms with Gasteiger partial charge in [-0.15, -0.1) is 11.3 Å². The second-order valence-electron chi connectivity index (χ2n) is 7.18. The van der Waals surface area contributed by atoms with Crippen LogP contribution < -0.4 is 5.73 Å². The van der Waals surface area contributed by atoms with Crippen LogP contribution in [0.1, 0.15) is 22.9 Å². The van der Waals surface area contributed by atoms with Gasteiger partial charge in [0, 0.05) is 18.3 Å². The molecule has 3 heterocycles. The minimum Gasteiger partial charge on any atom is -0.331 e. The molecule has 2 N–H and O–H groups in total. The molecule has 31 heavy (non-hydrogen) atoms. The number of carbonyl (C=O) groups is 1. The Hall–Kier alpha value is -3.15. The highest BCUT2D eigenvalue weighted by Crippen LogP contribution is 2.28. The average molecular weight is 458 g/mol. The van der Waals surface area contributed by atoms with Crippen molar-refractivity contribution in [2.24, 2.45) is 5.73 Å². The summed E-state index contributed by atoms with van der Waals surface area (Å²) >= 11 is 1.36. The number of fused-ring (bicyclic) bond motifs is 2. The Bertz CT molecular complexity index is 1390. The number of hydrogen-bond donors (Lipinski definition) is 1. The maximum Gasteiger partial charge on any atom is 0.283 e. The Morgan fingerprint density at radius 2 is 1.94 bits per heavy atom. The quantitative estimate of drug-likeness (QED) is 0.504. The van der Waals surface area contributed by atoms with Crippen molar-refractivity contribution in [2.75, 3.05) is 0 Å². The van der Waals surface area contributed by atoms with Crippen LogP contribution in [-0.4, -0.2) is 33.4 Å². The highest BCUT2D eigenvalue weighted by atomic mass is 32.2. The molecule has 5 rings (SSSR count). The van der Waals surface area contributed by atoms with Gasteiger partial charge in [-0.25, -0.2) is 9.37 Å². The number of nitrogens with zero attached hydrogens (tertiary/aromatic N) is 4. The molecular formula is C20H16FN5O3S2. The summed E-state index contributed by atoms with van der Waals surface area (Å²) in [6.07, 6.45) is 1.43. The third-order valence-corrected chi connectivity index (χ3v) is 7.53. The normalized spacial score (nSPS) is 14.7. The Kier molecular flexibility index (Phi) is 4.61. The fourth-order valence-electron chi connectivity index (χ4n) is 3.52. The summed E-state index contributed by atoms with van der Waals surface area (Å²) in [5.74, 6) is -0.746. The predicted octanol–water partition coefficient (Wildman–Crippen LogP) is 2.41. The number of aromatic nitrogens is 3. The number of carbonyl (C=O) groups excluding carboxylic acids is 1. The van der Waals surface area contributed by atoms with Gasteiger partial charge in [0.05, 0.1) is 32.9 Å². The molecule has 8 nitrogen and oxygen atoms in total. The van der Waals surface area contributed by atoms with E-state index >= 15 is 0 Å².